The molecule has 0 aliphatic carbocycles. The van der Waals surface area contributed by atoms with Crippen LogP contribution in [-0.2, 0) is 0 Å². The summed E-state index contributed by atoms with van der Waals surface area (Å²) < 4.78 is 0. The van der Waals surface area contributed by atoms with E-state index in [1.54, 1.807) is 6.08 Å². The van der Waals surface area contributed by atoms with Gasteiger partial charge in [-0.1, -0.05) is 62.0 Å². The fourth-order valence-corrected chi connectivity index (χ4v) is 0.677. The van der Waals surface area contributed by atoms with Crippen molar-refractivity contribution in [3.05, 3.63) is 55.5 Å². The highest BCUT2D eigenvalue weighted by Crippen LogP contribution is 1.89. The molecule has 0 aromatic carbocycles. The summed E-state index contributed by atoms with van der Waals surface area (Å²) in [5.74, 6) is 0. The lowest BCUT2D eigenvalue weighted by Gasteiger charge is -1.79. The van der Waals surface area contributed by atoms with Gasteiger partial charge in [-0.3, -0.25) is 0 Å². The summed E-state index contributed by atoms with van der Waals surface area (Å²) in [5.41, 5.74) is 0. The fraction of sp³-hybridized carbons (Fsp3) is 0.250. The Hall–Kier alpha value is -1.04. The van der Waals surface area contributed by atoms with Crippen LogP contribution in [0.4, 0.5) is 0 Å². The van der Waals surface area contributed by atoms with Crippen LogP contribution in [0, 0.1) is 6.92 Å². The predicted molar refractivity (Wildman–Crippen MR) is 56.8 cm³/mol. The summed E-state index contributed by atoms with van der Waals surface area (Å²) in [4.78, 5) is 0. The van der Waals surface area contributed by atoms with Gasteiger partial charge in [0.15, 0.2) is 0 Å². The zero-order valence-electron chi connectivity index (χ0n) is 7.74. The maximum atomic E-state index is 3.57. The molecule has 0 heteroatoms. The third kappa shape index (κ3) is 8.96. The van der Waals surface area contributed by atoms with Gasteiger partial charge in [-0.05, 0) is 13.3 Å². The summed E-state index contributed by atoms with van der Waals surface area (Å²) in [5, 5.41) is 0. The highest BCUT2D eigenvalue weighted by Gasteiger charge is 1.68. The average Bonchev–Trinajstić information content (AvgIpc) is 2.10. The second kappa shape index (κ2) is 9.96. The number of unbranched alkanes of at least 4 members (excludes halogenated alkanes) is 1. The van der Waals surface area contributed by atoms with Gasteiger partial charge < -0.3 is 0 Å². The Balaban J connectivity index is 3.48. The molecule has 0 saturated heterocycles. The van der Waals surface area contributed by atoms with Crippen molar-refractivity contribution in [2.24, 2.45) is 0 Å². The molecule has 0 saturated carbocycles. The van der Waals surface area contributed by atoms with Crippen LogP contribution in [0.5, 0.6) is 0 Å². The summed E-state index contributed by atoms with van der Waals surface area (Å²) in [6, 6.07) is 0. The van der Waals surface area contributed by atoms with Crippen molar-refractivity contribution in [3.63, 3.8) is 0 Å². The molecule has 0 bridgehead atoms. The van der Waals surface area contributed by atoms with Crippen LogP contribution in [0.1, 0.15) is 19.8 Å². The molecular formula is C12H17. The minimum atomic E-state index is 1.16. The molecule has 0 aromatic heterocycles. The Labute approximate surface area is 76.0 Å². The van der Waals surface area contributed by atoms with Crippen molar-refractivity contribution in [2.45, 2.75) is 19.8 Å². The molecule has 0 atom stereocenters. The smallest absolute Gasteiger partial charge is 0.0313 e. The predicted octanol–water partition coefficient (Wildman–Crippen LogP) is 3.85. The van der Waals surface area contributed by atoms with Crippen molar-refractivity contribution in [3.8, 4) is 0 Å². The van der Waals surface area contributed by atoms with Crippen LogP contribution in [0.3, 0.4) is 0 Å². The van der Waals surface area contributed by atoms with Gasteiger partial charge in [-0.2, -0.15) is 0 Å². The standard InChI is InChI=1S/C12H17/c1-3-5-7-9-11-12-10-8-6-4-2/h3,5,7-12H,1,4,6H2,2H3. The van der Waals surface area contributed by atoms with Crippen molar-refractivity contribution in [1.82, 2.24) is 0 Å². The fourth-order valence-electron chi connectivity index (χ4n) is 0.677. The van der Waals surface area contributed by atoms with Crippen molar-refractivity contribution < 1.29 is 0 Å². The van der Waals surface area contributed by atoms with Crippen LogP contribution in [0.25, 0.3) is 0 Å². The molecule has 0 N–H and O–H groups in total. The Morgan fingerprint density at radius 3 is 2.08 bits per heavy atom. The van der Waals surface area contributed by atoms with E-state index in [2.05, 4.69) is 26.0 Å². The summed E-state index contributed by atoms with van der Waals surface area (Å²) in [6.45, 7) is 5.75. The maximum absolute atomic E-state index is 3.57. The Kier molecular flexibility index (Phi) is 9.10. The number of rotatable bonds is 5. The van der Waals surface area contributed by atoms with E-state index < -0.39 is 0 Å². The molecule has 0 nitrogen and oxygen atoms in total. The first kappa shape index (κ1) is 11.0. The van der Waals surface area contributed by atoms with Gasteiger partial charge >= 0.3 is 0 Å². The quantitative estimate of drug-likeness (QED) is 0.537. The lowest BCUT2D eigenvalue weighted by atomic mass is 10.3. The first-order valence-electron chi connectivity index (χ1n) is 4.36. The van der Waals surface area contributed by atoms with Gasteiger partial charge in [0.1, 0.15) is 0 Å². The molecule has 0 rings (SSSR count). The normalized spacial score (nSPS) is 13.2. The molecule has 1 radical (unpaired) electrons. The number of hydrogen-bond acceptors (Lipinski definition) is 0. The molecule has 0 aliphatic rings. The maximum Gasteiger partial charge on any atom is -0.0313 e. The van der Waals surface area contributed by atoms with Gasteiger partial charge in [0.05, 0.1) is 0 Å². The second-order valence-electron chi connectivity index (χ2n) is 2.41. The molecule has 0 amide bonds. The highest BCUT2D eigenvalue weighted by atomic mass is 13.7. The first-order chi connectivity index (χ1) is 5.91. The van der Waals surface area contributed by atoms with Crippen LogP contribution < -0.4 is 0 Å². The summed E-state index contributed by atoms with van der Waals surface area (Å²) >= 11 is 0. The first-order valence-corrected chi connectivity index (χ1v) is 4.36. The molecule has 12 heavy (non-hydrogen) atoms. The average molecular weight is 161 g/mol. The van der Waals surface area contributed by atoms with Gasteiger partial charge in [0, 0.05) is 0 Å². The second-order valence-corrected chi connectivity index (χ2v) is 2.41. The SMILES string of the molecule is [CH2]C=CC=CC=CC=CCCC. The van der Waals surface area contributed by atoms with E-state index in [1.807, 2.05) is 30.4 Å². The minimum absolute atomic E-state index is 1.16. The molecule has 0 aliphatic heterocycles. The van der Waals surface area contributed by atoms with Gasteiger partial charge in [-0.25, -0.2) is 0 Å². The zero-order chi connectivity index (χ0) is 9.07. The molecule has 0 fully saturated rings. The molecular weight excluding hydrogens is 144 g/mol. The molecule has 0 aromatic rings. The van der Waals surface area contributed by atoms with Crippen LogP contribution >= 0.6 is 0 Å². The van der Waals surface area contributed by atoms with Crippen molar-refractivity contribution in [2.75, 3.05) is 0 Å². The van der Waals surface area contributed by atoms with Crippen molar-refractivity contribution >= 4 is 0 Å². The van der Waals surface area contributed by atoms with E-state index in [0.29, 0.717) is 0 Å². The third-order valence-electron chi connectivity index (χ3n) is 1.28. The van der Waals surface area contributed by atoms with E-state index >= 15 is 0 Å². The molecule has 65 valence electrons. The monoisotopic (exact) mass is 161 g/mol. The van der Waals surface area contributed by atoms with Crippen LogP contribution in [0.15, 0.2) is 48.6 Å². The number of allylic oxidation sites excluding steroid dienone is 8. The molecule has 0 unspecified atom stereocenters. The largest absolute Gasteiger partial charge is 0.0845 e. The lowest BCUT2D eigenvalue weighted by Crippen LogP contribution is -1.58. The van der Waals surface area contributed by atoms with E-state index in [0.717, 1.165) is 6.42 Å². The Bertz CT molecular complexity index is 180. The van der Waals surface area contributed by atoms with Crippen LogP contribution in [0.2, 0.25) is 0 Å². The van der Waals surface area contributed by atoms with E-state index in [4.69, 9.17) is 0 Å². The Morgan fingerprint density at radius 1 is 0.917 bits per heavy atom. The lowest BCUT2D eigenvalue weighted by molar-refractivity contribution is 0.959. The summed E-state index contributed by atoms with van der Waals surface area (Å²) in [7, 11) is 0. The molecule has 0 heterocycles. The van der Waals surface area contributed by atoms with Crippen LogP contribution in [-0.4, -0.2) is 0 Å². The van der Waals surface area contributed by atoms with E-state index in [9.17, 15) is 0 Å². The zero-order valence-corrected chi connectivity index (χ0v) is 7.74. The Morgan fingerprint density at radius 2 is 1.50 bits per heavy atom. The summed E-state index contributed by atoms with van der Waals surface area (Å²) in [6.07, 6.45) is 18.3. The third-order valence-corrected chi connectivity index (χ3v) is 1.28. The van der Waals surface area contributed by atoms with Gasteiger partial charge in [-0.15, -0.1) is 0 Å². The minimum Gasteiger partial charge on any atom is -0.0845 e. The highest BCUT2D eigenvalue weighted by molar-refractivity contribution is 5.15. The molecule has 0 spiro atoms. The number of hydrogen-bond donors (Lipinski definition) is 0. The van der Waals surface area contributed by atoms with Gasteiger partial charge in [0.25, 0.3) is 0 Å². The van der Waals surface area contributed by atoms with E-state index in [-0.39, 0.29) is 0 Å². The van der Waals surface area contributed by atoms with E-state index in [1.165, 1.54) is 6.42 Å². The van der Waals surface area contributed by atoms with Gasteiger partial charge in [0.2, 0.25) is 0 Å². The van der Waals surface area contributed by atoms with Crippen molar-refractivity contribution in [1.29, 1.82) is 0 Å². The topological polar surface area (TPSA) is 0 Å².